The lowest BCUT2D eigenvalue weighted by molar-refractivity contribution is -0.126. The minimum atomic E-state index is -0.0867. The van der Waals surface area contributed by atoms with Gasteiger partial charge in [-0.05, 0) is 71.5 Å². The quantitative estimate of drug-likeness (QED) is 0.226. The Hall–Kier alpha value is -4.61. The molecule has 1 saturated heterocycles. The molecule has 11 heteroatoms. The van der Waals surface area contributed by atoms with E-state index in [2.05, 4.69) is 10.2 Å². The number of hydrogen-bond donors (Lipinski definition) is 1. The summed E-state index contributed by atoms with van der Waals surface area (Å²) in [5, 5.41) is 3.38. The maximum atomic E-state index is 13.5. The van der Waals surface area contributed by atoms with E-state index in [1.165, 1.54) is 0 Å². The van der Waals surface area contributed by atoms with Crippen molar-refractivity contribution in [1.29, 1.82) is 0 Å². The fraction of sp³-hybridized carbons (Fsp3) is 0.417. The third-order valence-corrected chi connectivity index (χ3v) is 8.82. The van der Waals surface area contributed by atoms with Gasteiger partial charge < -0.3 is 48.3 Å². The Morgan fingerprint density at radius 2 is 1.66 bits per heavy atom. The zero-order chi connectivity index (χ0) is 32.8. The van der Waals surface area contributed by atoms with Gasteiger partial charge in [-0.3, -0.25) is 4.79 Å². The lowest BCUT2D eigenvalue weighted by Gasteiger charge is -2.30. The average molecular weight is 646 g/mol. The molecule has 3 aromatic carbocycles. The van der Waals surface area contributed by atoms with Crippen molar-refractivity contribution in [3.05, 3.63) is 59.2 Å². The Kier molecular flexibility index (Phi) is 10.2. The molecule has 0 aromatic heterocycles. The average Bonchev–Trinajstić information content (AvgIpc) is 3.59. The highest BCUT2D eigenvalue weighted by atomic mass is 16.7. The topological polar surface area (TPSA) is 100 Å². The van der Waals surface area contributed by atoms with E-state index in [1.807, 2.05) is 47.4 Å². The van der Waals surface area contributed by atoms with Gasteiger partial charge >= 0.3 is 0 Å². The summed E-state index contributed by atoms with van der Waals surface area (Å²) >= 11 is 0. The Morgan fingerprint density at radius 1 is 0.894 bits per heavy atom. The second kappa shape index (κ2) is 14.9. The van der Waals surface area contributed by atoms with Crippen molar-refractivity contribution in [2.45, 2.75) is 19.4 Å². The molecule has 1 N–H and O–H groups in total. The summed E-state index contributed by atoms with van der Waals surface area (Å²) in [4.78, 5) is 17.8. The number of carbonyl (C=O) groups is 1. The van der Waals surface area contributed by atoms with Gasteiger partial charge in [0.1, 0.15) is 0 Å². The number of nitrogens with zero attached hydrogens (tertiary/aromatic N) is 2. The van der Waals surface area contributed by atoms with Crippen LogP contribution in [-0.4, -0.2) is 96.8 Å². The fourth-order valence-electron chi connectivity index (χ4n) is 6.37. The van der Waals surface area contributed by atoms with E-state index >= 15 is 0 Å². The van der Waals surface area contributed by atoms with Gasteiger partial charge in [0.05, 0.1) is 35.0 Å². The third-order valence-electron chi connectivity index (χ3n) is 8.82. The van der Waals surface area contributed by atoms with E-state index in [0.29, 0.717) is 66.4 Å². The molecule has 0 atom stereocenters. The molecule has 250 valence electrons. The van der Waals surface area contributed by atoms with Gasteiger partial charge in [-0.1, -0.05) is 6.07 Å². The molecule has 1 fully saturated rings. The van der Waals surface area contributed by atoms with Crippen LogP contribution in [0.15, 0.2) is 42.5 Å². The first-order chi connectivity index (χ1) is 23.0. The Balaban J connectivity index is 1.17. The van der Waals surface area contributed by atoms with Crippen LogP contribution in [0.1, 0.15) is 23.1 Å². The smallest absolute Gasteiger partial charge is 0.246 e. The number of fused-ring (bicyclic) bond motifs is 2. The van der Waals surface area contributed by atoms with Crippen LogP contribution in [0.2, 0.25) is 0 Å². The van der Waals surface area contributed by atoms with Crippen molar-refractivity contribution in [2.75, 3.05) is 81.1 Å². The largest absolute Gasteiger partial charge is 0.493 e. The minimum absolute atomic E-state index is 0.0867. The Bertz CT molecular complexity index is 1590. The molecule has 0 spiro atoms. The van der Waals surface area contributed by atoms with E-state index in [0.717, 1.165) is 67.0 Å². The first kappa shape index (κ1) is 32.3. The molecule has 0 aliphatic carbocycles. The normalized spacial score (nSPS) is 15.8. The third kappa shape index (κ3) is 7.06. The molecule has 11 nitrogen and oxygen atoms in total. The van der Waals surface area contributed by atoms with E-state index in [4.69, 9.17) is 33.2 Å². The van der Waals surface area contributed by atoms with Gasteiger partial charge in [0.15, 0.2) is 34.5 Å². The van der Waals surface area contributed by atoms with Crippen LogP contribution < -0.4 is 38.5 Å². The van der Waals surface area contributed by atoms with E-state index in [-0.39, 0.29) is 12.7 Å². The van der Waals surface area contributed by atoms with E-state index in [9.17, 15) is 4.79 Å². The van der Waals surface area contributed by atoms with Crippen LogP contribution in [0.4, 0.5) is 0 Å². The molecule has 1 amide bonds. The lowest BCUT2D eigenvalue weighted by Crippen LogP contribution is -2.43. The summed E-state index contributed by atoms with van der Waals surface area (Å²) in [6.07, 6.45) is 5.05. The molecule has 3 heterocycles. The summed E-state index contributed by atoms with van der Waals surface area (Å²) in [7, 11) is 6.38. The van der Waals surface area contributed by atoms with Crippen molar-refractivity contribution in [3.8, 4) is 51.4 Å². The Labute approximate surface area is 275 Å². The SMILES string of the molecule is COc1cc(/C=C/C(=O)N2CCc3cc4c(c(-c5cc(OC)c(OC)c(OC)c5)c3C2)OCO4)ccc1OCCCN1CCNCC1. The van der Waals surface area contributed by atoms with Crippen molar-refractivity contribution in [3.63, 3.8) is 0 Å². The number of ether oxygens (including phenoxy) is 7. The highest BCUT2D eigenvalue weighted by Gasteiger charge is 2.31. The Morgan fingerprint density at radius 3 is 2.38 bits per heavy atom. The minimum Gasteiger partial charge on any atom is -0.493 e. The lowest BCUT2D eigenvalue weighted by atomic mass is 9.89. The summed E-state index contributed by atoms with van der Waals surface area (Å²) in [5.74, 6) is 4.13. The molecule has 6 rings (SSSR count). The molecule has 0 saturated carbocycles. The number of rotatable bonds is 12. The summed E-state index contributed by atoms with van der Waals surface area (Å²) < 4.78 is 40.2. The molecule has 3 aliphatic rings. The molecule has 3 aromatic rings. The first-order valence-electron chi connectivity index (χ1n) is 16.0. The predicted molar refractivity (Wildman–Crippen MR) is 178 cm³/mol. The number of benzene rings is 3. The van der Waals surface area contributed by atoms with Gasteiger partial charge in [0.2, 0.25) is 18.4 Å². The van der Waals surface area contributed by atoms with Gasteiger partial charge in [0.25, 0.3) is 0 Å². The highest BCUT2D eigenvalue weighted by molar-refractivity contribution is 5.92. The van der Waals surface area contributed by atoms with E-state index in [1.54, 1.807) is 34.5 Å². The standard InChI is InChI=1S/C36H43N3O8/c1-41-29-18-24(6-8-28(29)45-17-5-13-38-15-11-37-12-16-38)7-9-33(40)39-14-10-25-19-32-36(47-23-46-32)34(27(25)22-39)26-20-30(42-2)35(44-4)31(21-26)43-3/h6-9,18-21,37H,5,10-17,22-23H2,1-4H3/b9-7+. The van der Waals surface area contributed by atoms with Crippen LogP contribution in [0.3, 0.4) is 0 Å². The van der Waals surface area contributed by atoms with Crippen molar-refractivity contribution >= 4 is 12.0 Å². The monoisotopic (exact) mass is 645 g/mol. The number of hydrogen-bond acceptors (Lipinski definition) is 10. The van der Waals surface area contributed by atoms with Crippen LogP contribution >= 0.6 is 0 Å². The second-order valence-electron chi connectivity index (χ2n) is 11.6. The molecule has 0 bridgehead atoms. The molecule has 0 radical (unpaired) electrons. The number of amides is 1. The van der Waals surface area contributed by atoms with Crippen molar-refractivity contribution in [1.82, 2.24) is 15.1 Å². The van der Waals surface area contributed by atoms with Crippen LogP contribution in [0.5, 0.6) is 40.2 Å². The number of nitrogens with one attached hydrogen (secondary N) is 1. The van der Waals surface area contributed by atoms with Gasteiger partial charge in [-0.15, -0.1) is 0 Å². The molecular formula is C36H43N3O8. The maximum Gasteiger partial charge on any atom is 0.246 e. The zero-order valence-corrected chi connectivity index (χ0v) is 27.6. The van der Waals surface area contributed by atoms with Crippen molar-refractivity contribution < 1.29 is 38.0 Å². The summed E-state index contributed by atoms with van der Waals surface area (Å²) in [6, 6.07) is 11.5. The molecular weight excluding hydrogens is 602 g/mol. The highest BCUT2D eigenvalue weighted by Crippen LogP contribution is 2.50. The maximum absolute atomic E-state index is 13.5. The zero-order valence-electron chi connectivity index (χ0n) is 27.6. The number of methoxy groups -OCH3 is 4. The fourth-order valence-corrected chi connectivity index (χ4v) is 6.37. The van der Waals surface area contributed by atoms with Crippen molar-refractivity contribution in [2.24, 2.45) is 0 Å². The van der Waals surface area contributed by atoms with Gasteiger partial charge in [0, 0.05) is 57.5 Å². The van der Waals surface area contributed by atoms with Gasteiger partial charge in [-0.2, -0.15) is 0 Å². The molecule has 3 aliphatic heterocycles. The molecule has 0 unspecified atom stereocenters. The van der Waals surface area contributed by atoms with Crippen LogP contribution in [0, 0.1) is 0 Å². The van der Waals surface area contributed by atoms with Gasteiger partial charge in [-0.25, -0.2) is 0 Å². The van der Waals surface area contributed by atoms with Crippen LogP contribution in [-0.2, 0) is 17.8 Å². The number of piperazine rings is 1. The summed E-state index contributed by atoms with van der Waals surface area (Å²) in [5.41, 5.74) is 4.63. The molecule has 47 heavy (non-hydrogen) atoms. The predicted octanol–water partition coefficient (Wildman–Crippen LogP) is 4.39. The number of carbonyl (C=O) groups excluding carboxylic acids is 1. The second-order valence-corrected chi connectivity index (χ2v) is 11.6. The summed E-state index contributed by atoms with van der Waals surface area (Å²) in [6.45, 7) is 6.98. The van der Waals surface area contributed by atoms with E-state index < -0.39 is 0 Å². The van der Waals surface area contributed by atoms with Crippen LogP contribution in [0.25, 0.3) is 17.2 Å². The first-order valence-corrected chi connectivity index (χ1v) is 16.0.